The van der Waals surface area contributed by atoms with Gasteiger partial charge in [-0.3, -0.25) is 9.79 Å². The van der Waals surface area contributed by atoms with E-state index in [4.69, 9.17) is 0 Å². The van der Waals surface area contributed by atoms with E-state index >= 15 is 0 Å². The Morgan fingerprint density at radius 1 is 1.73 bits per heavy atom. The molecule has 0 fully saturated rings. The summed E-state index contributed by atoms with van der Waals surface area (Å²) in [6.45, 7) is 0.976. The van der Waals surface area contributed by atoms with Crippen LogP contribution in [0.3, 0.4) is 0 Å². The smallest absolute Gasteiger partial charge is 0.293 e. The van der Waals surface area contributed by atoms with E-state index in [0.29, 0.717) is 19.0 Å². The van der Waals surface area contributed by atoms with E-state index in [9.17, 15) is 4.79 Å². The van der Waals surface area contributed by atoms with Crippen molar-refractivity contribution in [2.24, 2.45) is 10.9 Å². The summed E-state index contributed by atoms with van der Waals surface area (Å²) in [6, 6.07) is 0. The van der Waals surface area contributed by atoms with E-state index in [1.54, 1.807) is 6.20 Å². The number of ether oxygens (including phenoxy) is 1. The van der Waals surface area contributed by atoms with Gasteiger partial charge in [0.1, 0.15) is 0 Å². The molecule has 0 saturated heterocycles. The van der Waals surface area contributed by atoms with Crippen LogP contribution in [0.15, 0.2) is 17.3 Å². The molecule has 1 atom stereocenters. The van der Waals surface area contributed by atoms with Gasteiger partial charge in [0.25, 0.3) is 6.47 Å². The number of hydrogen-bond acceptors (Lipinski definition) is 3. The van der Waals surface area contributed by atoms with Crippen molar-refractivity contribution in [3.63, 3.8) is 0 Å². The summed E-state index contributed by atoms with van der Waals surface area (Å²) in [5.41, 5.74) is 0. The fourth-order valence-corrected chi connectivity index (χ4v) is 0.989. The van der Waals surface area contributed by atoms with Gasteiger partial charge in [-0.1, -0.05) is 6.08 Å². The Balaban J connectivity index is 2.12. The van der Waals surface area contributed by atoms with Crippen molar-refractivity contribution in [1.29, 1.82) is 0 Å². The molecule has 60 valence electrons. The molecular formula is C8H11NO2. The number of carbonyl (C=O) groups excluding carboxylic acids is 1. The lowest BCUT2D eigenvalue weighted by Crippen LogP contribution is -2.07. The molecule has 1 heterocycles. The standard InChI is InChI=1S/C8H11NO2/c10-7-11-5-3-8-2-1-4-9-6-8/h1,4,6-8H,2-3,5H2. The van der Waals surface area contributed by atoms with Crippen LogP contribution >= 0.6 is 0 Å². The molecule has 3 nitrogen and oxygen atoms in total. The lowest BCUT2D eigenvalue weighted by Gasteiger charge is -2.09. The van der Waals surface area contributed by atoms with Gasteiger partial charge in [-0.05, 0) is 12.8 Å². The fraction of sp³-hybridized carbons (Fsp3) is 0.500. The Hall–Kier alpha value is -1.12. The van der Waals surface area contributed by atoms with Crippen LogP contribution in [0.5, 0.6) is 0 Å². The summed E-state index contributed by atoms with van der Waals surface area (Å²) in [6.07, 6.45) is 7.58. The van der Waals surface area contributed by atoms with Gasteiger partial charge in [0.05, 0.1) is 6.61 Å². The van der Waals surface area contributed by atoms with Crippen molar-refractivity contribution < 1.29 is 9.53 Å². The van der Waals surface area contributed by atoms with Gasteiger partial charge < -0.3 is 4.74 Å². The molecule has 0 aliphatic carbocycles. The minimum atomic E-state index is 0.444. The summed E-state index contributed by atoms with van der Waals surface area (Å²) in [4.78, 5) is 13.8. The second-order valence-electron chi connectivity index (χ2n) is 2.43. The molecule has 0 radical (unpaired) electrons. The zero-order valence-corrected chi connectivity index (χ0v) is 6.27. The molecule has 0 aromatic rings. The van der Waals surface area contributed by atoms with Crippen LogP contribution in [0.2, 0.25) is 0 Å². The predicted octanol–water partition coefficient (Wildman–Crippen LogP) is 1.15. The molecule has 1 rings (SSSR count). The number of aliphatic imine (C=N–C) groups is 1. The molecule has 0 amide bonds. The molecule has 1 aliphatic rings. The van der Waals surface area contributed by atoms with Crippen LogP contribution < -0.4 is 0 Å². The highest BCUT2D eigenvalue weighted by molar-refractivity contribution is 5.62. The first-order chi connectivity index (χ1) is 5.43. The average molecular weight is 153 g/mol. The predicted molar refractivity (Wildman–Crippen MR) is 42.4 cm³/mol. The highest BCUT2D eigenvalue weighted by Gasteiger charge is 2.05. The Morgan fingerprint density at radius 3 is 3.27 bits per heavy atom. The number of hydrogen-bond donors (Lipinski definition) is 0. The summed E-state index contributed by atoms with van der Waals surface area (Å²) >= 11 is 0. The molecule has 0 spiro atoms. The normalized spacial score (nSPS) is 21.6. The molecule has 0 aromatic carbocycles. The molecule has 0 bridgehead atoms. The van der Waals surface area contributed by atoms with Crippen LogP contribution in [0.1, 0.15) is 12.8 Å². The van der Waals surface area contributed by atoms with Crippen molar-refractivity contribution in [2.75, 3.05) is 6.61 Å². The van der Waals surface area contributed by atoms with E-state index in [1.807, 2.05) is 12.3 Å². The minimum Gasteiger partial charge on any atom is -0.468 e. The monoisotopic (exact) mass is 153 g/mol. The van der Waals surface area contributed by atoms with Crippen LogP contribution in [0.25, 0.3) is 0 Å². The molecule has 1 unspecified atom stereocenters. The lowest BCUT2D eigenvalue weighted by atomic mass is 10.0. The molecule has 0 N–H and O–H groups in total. The zero-order chi connectivity index (χ0) is 7.94. The highest BCUT2D eigenvalue weighted by Crippen LogP contribution is 2.10. The van der Waals surface area contributed by atoms with Crippen molar-refractivity contribution in [3.8, 4) is 0 Å². The Bertz CT molecular complexity index is 175. The van der Waals surface area contributed by atoms with Crippen molar-refractivity contribution >= 4 is 12.7 Å². The van der Waals surface area contributed by atoms with Gasteiger partial charge >= 0.3 is 0 Å². The maximum absolute atomic E-state index is 9.78. The van der Waals surface area contributed by atoms with E-state index in [0.717, 1.165) is 12.8 Å². The van der Waals surface area contributed by atoms with Gasteiger partial charge in [0, 0.05) is 18.3 Å². The van der Waals surface area contributed by atoms with E-state index in [1.165, 1.54) is 0 Å². The number of nitrogens with zero attached hydrogens (tertiary/aromatic N) is 1. The summed E-state index contributed by atoms with van der Waals surface area (Å²) in [7, 11) is 0. The maximum atomic E-state index is 9.78. The maximum Gasteiger partial charge on any atom is 0.293 e. The SMILES string of the molecule is O=COCCC1C=NC=CC1. The third-order valence-electron chi connectivity index (χ3n) is 1.60. The highest BCUT2D eigenvalue weighted by atomic mass is 16.5. The quantitative estimate of drug-likeness (QED) is 0.449. The number of allylic oxidation sites excluding steroid dienone is 1. The third kappa shape index (κ3) is 2.98. The van der Waals surface area contributed by atoms with Crippen LogP contribution in [-0.2, 0) is 9.53 Å². The molecular weight excluding hydrogens is 142 g/mol. The van der Waals surface area contributed by atoms with Crippen LogP contribution in [0, 0.1) is 5.92 Å². The largest absolute Gasteiger partial charge is 0.468 e. The van der Waals surface area contributed by atoms with Gasteiger partial charge in [0.2, 0.25) is 0 Å². The summed E-state index contributed by atoms with van der Waals surface area (Å²) in [5, 5.41) is 0. The van der Waals surface area contributed by atoms with Gasteiger partial charge in [-0.15, -0.1) is 0 Å². The number of carbonyl (C=O) groups is 1. The van der Waals surface area contributed by atoms with E-state index < -0.39 is 0 Å². The molecule has 0 saturated carbocycles. The average Bonchev–Trinajstić information content (AvgIpc) is 2.07. The van der Waals surface area contributed by atoms with Gasteiger partial charge in [-0.2, -0.15) is 0 Å². The molecule has 3 heteroatoms. The van der Waals surface area contributed by atoms with Crippen LogP contribution in [-0.4, -0.2) is 19.3 Å². The third-order valence-corrected chi connectivity index (χ3v) is 1.60. The number of rotatable bonds is 4. The van der Waals surface area contributed by atoms with E-state index in [2.05, 4.69) is 9.73 Å². The minimum absolute atomic E-state index is 0.444. The van der Waals surface area contributed by atoms with Crippen molar-refractivity contribution in [3.05, 3.63) is 12.3 Å². The molecule has 11 heavy (non-hydrogen) atoms. The first-order valence-corrected chi connectivity index (χ1v) is 3.67. The van der Waals surface area contributed by atoms with Crippen LogP contribution in [0.4, 0.5) is 0 Å². The first kappa shape index (κ1) is 7.98. The second kappa shape index (κ2) is 4.66. The van der Waals surface area contributed by atoms with Crippen molar-refractivity contribution in [2.45, 2.75) is 12.8 Å². The second-order valence-corrected chi connectivity index (χ2v) is 2.43. The van der Waals surface area contributed by atoms with Gasteiger partial charge in [0.15, 0.2) is 0 Å². The van der Waals surface area contributed by atoms with Gasteiger partial charge in [-0.25, -0.2) is 0 Å². The Kier molecular flexibility index (Phi) is 3.38. The summed E-state index contributed by atoms with van der Waals surface area (Å²) < 4.78 is 4.57. The summed E-state index contributed by atoms with van der Waals surface area (Å²) in [5.74, 6) is 0.444. The Morgan fingerprint density at radius 2 is 2.64 bits per heavy atom. The van der Waals surface area contributed by atoms with Crippen molar-refractivity contribution in [1.82, 2.24) is 0 Å². The van der Waals surface area contributed by atoms with E-state index in [-0.39, 0.29) is 0 Å². The molecule has 0 aromatic heterocycles. The lowest BCUT2D eigenvalue weighted by molar-refractivity contribution is -0.128. The fourth-order valence-electron chi connectivity index (χ4n) is 0.989. The Labute approximate surface area is 65.8 Å². The zero-order valence-electron chi connectivity index (χ0n) is 6.27. The first-order valence-electron chi connectivity index (χ1n) is 3.67. The topological polar surface area (TPSA) is 38.7 Å². The molecule has 1 aliphatic heterocycles.